The summed E-state index contributed by atoms with van der Waals surface area (Å²) in [6, 6.07) is 3.12. The van der Waals surface area contributed by atoms with Crippen molar-refractivity contribution in [1.82, 2.24) is 15.5 Å². The van der Waals surface area contributed by atoms with Crippen LogP contribution in [0.1, 0.15) is 65.0 Å². The molecule has 0 radical (unpaired) electrons. The quantitative estimate of drug-likeness (QED) is 0.330. The van der Waals surface area contributed by atoms with Gasteiger partial charge in [-0.05, 0) is 64.7 Å². The topological polar surface area (TPSA) is 154 Å². The fourth-order valence-electron chi connectivity index (χ4n) is 3.75. The first kappa shape index (κ1) is 28.9. The van der Waals surface area contributed by atoms with Gasteiger partial charge in [-0.1, -0.05) is 12.1 Å². The Balaban J connectivity index is 2.34. The summed E-state index contributed by atoms with van der Waals surface area (Å²) >= 11 is 0. The number of benzene rings is 1. The molecule has 1 aromatic rings. The monoisotopic (exact) mass is 507 g/mol. The van der Waals surface area contributed by atoms with Crippen molar-refractivity contribution in [3.05, 3.63) is 29.8 Å². The van der Waals surface area contributed by atoms with Crippen LogP contribution in [0.25, 0.3) is 0 Å². The molecule has 11 heteroatoms. The van der Waals surface area contributed by atoms with Gasteiger partial charge in [-0.15, -0.1) is 0 Å². The molecule has 0 heterocycles. The molecule has 0 aromatic heterocycles. The molecular weight excluding hydrogens is 470 g/mol. The van der Waals surface area contributed by atoms with E-state index in [2.05, 4.69) is 10.6 Å². The van der Waals surface area contributed by atoms with Crippen LogP contribution in [0.4, 0.5) is 4.79 Å². The Kier molecular flexibility index (Phi) is 10.5. The minimum atomic E-state index is -1.35. The largest absolute Gasteiger partial charge is 0.508 e. The van der Waals surface area contributed by atoms with Crippen LogP contribution < -0.4 is 10.6 Å². The molecule has 2 atom stereocenters. The van der Waals surface area contributed by atoms with E-state index in [1.165, 1.54) is 17.0 Å². The average Bonchev–Trinajstić information content (AvgIpc) is 2.74. The van der Waals surface area contributed by atoms with E-state index >= 15 is 0 Å². The minimum absolute atomic E-state index is 0.0146. The fourth-order valence-corrected chi connectivity index (χ4v) is 3.75. The number of esters is 1. The van der Waals surface area contributed by atoms with Crippen LogP contribution in [-0.2, 0) is 23.9 Å². The molecule has 1 aromatic carbocycles. The molecule has 1 aliphatic carbocycles. The van der Waals surface area contributed by atoms with Crippen molar-refractivity contribution in [2.75, 3.05) is 19.8 Å². The third-order valence-corrected chi connectivity index (χ3v) is 5.54. The number of phenolic OH excluding ortho intramolecular Hbond substituents is 1. The molecule has 2 unspecified atom stereocenters. The number of aliphatic hydroxyl groups excluding tert-OH is 1. The first-order chi connectivity index (χ1) is 17.0. The van der Waals surface area contributed by atoms with E-state index in [9.17, 15) is 29.4 Å². The molecular formula is C25H37N3O8. The molecule has 4 N–H and O–H groups in total. The number of aliphatic hydroxyl groups is 1. The summed E-state index contributed by atoms with van der Waals surface area (Å²) in [5.41, 5.74) is -0.471. The van der Waals surface area contributed by atoms with Gasteiger partial charge in [0.15, 0.2) is 0 Å². The van der Waals surface area contributed by atoms with Gasteiger partial charge in [-0.25, -0.2) is 4.79 Å². The molecule has 1 saturated carbocycles. The van der Waals surface area contributed by atoms with Gasteiger partial charge in [-0.2, -0.15) is 0 Å². The van der Waals surface area contributed by atoms with E-state index in [0.717, 1.165) is 6.42 Å². The molecule has 36 heavy (non-hydrogen) atoms. The van der Waals surface area contributed by atoms with Crippen molar-refractivity contribution in [3.63, 3.8) is 0 Å². The van der Waals surface area contributed by atoms with E-state index in [1.807, 2.05) is 0 Å². The predicted octanol–water partition coefficient (Wildman–Crippen LogP) is 1.77. The van der Waals surface area contributed by atoms with Gasteiger partial charge < -0.3 is 35.2 Å². The van der Waals surface area contributed by atoms with Gasteiger partial charge in [0.25, 0.3) is 0 Å². The number of amides is 3. The molecule has 0 bridgehead atoms. The first-order valence-corrected chi connectivity index (χ1v) is 12.1. The molecule has 3 amide bonds. The summed E-state index contributed by atoms with van der Waals surface area (Å²) in [6.45, 7) is 6.18. The number of hydrogen-bond donors (Lipinski definition) is 4. The standard InChI is InChI=1S/C25H37N3O8/c1-5-35-20(31)12-13-26-22(32)21(16-8-6-11-18(30)14-16)28(17-9-7-10-17)23(33)19(15-29)27-24(34)36-25(2,3)4/h6,8,11,14,17,19,21,29-30H,5,7,9-10,12-13,15H2,1-4H3,(H,26,32)(H,27,34). The van der Waals surface area contributed by atoms with Gasteiger partial charge in [0, 0.05) is 12.6 Å². The summed E-state index contributed by atoms with van der Waals surface area (Å²) < 4.78 is 10.1. The summed E-state index contributed by atoms with van der Waals surface area (Å²) in [5, 5.41) is 25.1. The second-order valence-electron chi connectivity index (χ2n) is 9.56. The Morgan fingerprint density at radius 1 is 1.19 bits per heavy atom. The SMILES string of the molecule is CCOC(=O)CCNC(=O)C(c1cccc(O)c1)N(C(=O)C(CO)NC(=O)OC(C)(C)C)C1CCC1. The number of carbonyl (C=O) groups is 4. The summed E-state index contributed by atoms with van der Waals surface area (Å²) in [4.78, 5) is 52.4. The van der Waals surface area contributed by atoms with Gasteiger partial charge in [0.05, 0.1) is 19.6 Å². The minimum Gasteiger partial charge on any atom is -0.508 e. The van der Waals surface area contributed by atoms with Gasteiger partial charge >= 0.3 is 12.1 Å². The lowest BCUT2D eigenvalue weighted by molar-refractivity contribution is -0.148. The fraction of sp³-hybridized carbons (Fsp3) is 0.600. The Bertz CT molecular complexity index is 926. The van der Waals surface area contributed by atoms with Crippen LogP contribution in [0.3, 0.4) is 0 Å². The Labute approximate surface area is 211 Å². The molecule has 2 rings (SSSR count). The number of alkyl carbamates (subject to hydrolysis) is 1. The highest BCUT2D eigenvalue weighted by Crippen LogP contribution is 2.34. The van der Waals surface area contributed by atoms with Gasteiger partial charge in [0.1, 0.15) is 23.4 Å². The Hall–Kier alpha value is -3.34. The molecule has 0 spiro atoms. The van der Waals surface area contributed by atoms with E-state index in [0.29, 0.717) is 18.4 Å². The molecule has 1 aliphatic rings. The summed E-state index contributed by atoms with van der Waals surface area (Å²) in [6.07, 6.45) is 1.16. The lowest BCUT2D eigenvalue weighted by Crippen LogP contribution is -2.58. The number of nitrogens with zero attached hydrogens (tertiary/aromatic N) is 1. The maximum Gasteiger partial charge on any atom is 0.408 e. The van der Waals surface area contributed by atoms with Crippen LogP contribution in [-0.4, -0.2) is 76.4 Å². The Morgan fingerprint density at radius 3 is 2.42 bits per heavy atom. The van der Waals surface area contributed by atoms with Crippen molar-refractivity contribution >= 4 is 23.9 Å². The molecule has 11 nitrogen and oxygen atoms in total. The van der Waals surface area contributed by atoms with E-state index in [1.54, 1.807) is 39.8 Å². The zero-order chi connectivity index (χ0) is 26.9. The van der Waals surface area contributed by atoms with Crippen molar-refractivity contribution in [2.45, 2.75) is 77.1 Å². The van der Waals surface area contributed by atoms with Crippen molar-refractivity contribution in [3.8, 4) is 5.75 Å². The van der Waals surface area contributed by atoms with Crippen molar-refractivity contribution in [2.24, 2.45) is 0 Å². The number of ether oxygens (including phenoxy) is 2. The highest BCUT2D eigenvalue weighted by molar-refractivity contribution is 5.92. The highest BCUT2D eigenvalue weighted by atomic mass is 16.6. The third-order valence-electron chi connectivity index (χ3n) is 5.54. The second-order valence-corrected chi connectivity index (χ2v) is 9.56. The third kappa shape index (κ3) is 8.40. The van der Waals surface area contributed by atoms with Gasteiger partial charge in [-0.3, -0.25) is 14.4 Å². The summed E-state index contributed by atoms with van der Waals surface area (Å²) in [7, 11) is 0. The normalized spacial score (nSPS) is 15.1. The van der Waals surface area contributed by atoms with Crippen LogP contribution in [0.2, 0.25) is 0 Å². The second kappa shape index (κ2) is 13.1. The maximum atomic E-state index is 13.7. The molecule has 0 aliphatic heterocycles. The zero-order valence-electron chi connectivity index (χ0n) is 21.3. The number of rotatable bonds is 11. The average molecular weight is 508 g/mol. The van der Waals surface area contributed by atoms with Crippen LogP contribution >= 0.6 is 0 Å². The lowest BCUT2D eigenvalue weighted by Gasteiger charge is -2.43. The Morgan fingerprint density at radius 2 is 1.89 bits per heavy atom. The van der Waals surface area contributed by atoms with E-state index in [4.69, 9.17) is 9.47 Å². The van der Waals surface area contributed by atoms with Crippen molar-refractivity contribution in [1.29, 1.82) is 0 Å². The van der Waals surface area contributed by atoms with Crippen LogP contribution in [0, 0.1) is 0 Å². The zero-order valence-corrected chi connectivity index (χ0v) is 21.3. The predicted molar refractivity (Wildman–Crippen MR) is 130 cm³/mol. The molecule has 1 fully saturated rings. The molecule has 200 valence electrons. The number of phenols is 1. The first-order valence-electron chi connectivity index (χ1n) is 12.1. The van der Waals surface area contributed by atoms with Crippen LogP contribution in [0.5, 0.6) is 5.75 Å². The number of nitrogens with one attached hydrogen (secondary N) is 2. The maximum absolute atomic E-state index is 13.7. The van der Waals surface area contributed by atoms with E-state index in [-0.39, 0.29) is 31.4 Å². The number of carbonyl (C=O) groups excluding carboxylic acids is 4. The smallest absolute Gasteiger partial charge is 0.408 e. The summed E-state index contributed by atoms with van der Waals surface area (Å²) in [5.74, 6) is -1.80. The highest BCUT2D eigenvalue weighted by Gasteiger charge is 2.42. The van der Waals surface area contributed by atoms with Crippen molar-refractivity contribution < 1.29 is 38.9 Å². The number of hydrogen-bond acceptors (Lipinski definition) is 8. The van der Waals surface area contributed by atoms with Gasteiger partial charge in [0.2, 0.25) is 11.8 Å². The van der Waals surface area contributed by atoms with E-state index < -0.39 is 48.2 Å². The molecule has 0 saturated heterocycles. The number of aromatic hydroxyl groups is 1. The van der Waals surface area contributed by atoms with Crippen LogP contribution in [0.15, 0.2) is 24.3 Å². The lowest BCUT2D eigenvalue weighted by atomic mass is 9.88.